The van der Waals surface area contributed by atoms with Crippen LogP contribution in [0.15, 0.2) is 24.5 Å². The fraction of sp³-hybridized carbons (Fsp3) is 0.500. The van der Waals surface area contributed by atoms with Crippen molar-refractivity contribution in [1.29, 1.82) is 0 Å². The molecule has 2 atom stereocenters. The maximum Gasteiger partial charge on any atom is 0.254 e. The summed E-state index contributed by atoms with van der Waals surface area (Å²) in [6, 6.07) is 3.80. The van der Waals surface area contributed by atoms with E-state index in [2.05, 4.69) is 11.9 Å². The van der Waals surface area contributed by atoms with E-state index in [0.717, 1.165) is 13.0 Å². The molecular formula is C12H19Cl2N3O. The minimum Gasteiger partial charge on any atom is -0.336 e. The van der Waals surface area contributed by atoms with Gasteiger partial charge in [-0.2, -0.15) is 0 Å². The number of nitrogens with two attached hydrogens (primary N) is 1. The quantitative estimate of drug-likeness (QED) is 0.903. The smallest absolute Gasteiger partial charge is 0.254 e. The number of nitrogens with zero attached hydrogens (tertiary/aromatic N) is 2. The van der Waals surface area contributed by atoms with Crippen LogP contribution in [-0.2, 0) is 0 Å². The zero-order valence-corrected chi connectivity index (χ0v) is 11.9. The summed E-state index contributed by atoms with van der Waals surface area (Å²) in [5.74, 6) is 0.534. The summed E-state index contributed by atoms with van der Waals surface area (Å²) in [5, 5.41) is 0. The lowest BCUT2D eigenvalue weighted by molar-refractivity contribution is 0.0743. The van der Waals surface area contributed by atoms with Gasteiger partial charge in [-0.05, 0) is 37.9 Å². The number of likely N-dealkylation sites (tertiary alicyclic amines) is 1. The van der Waals surface area contributed by atoms with E-state index in [1.165, 1.54) is 0 Å². The van der Waals surface area contributed by atoms with Gasteiger partial charge in [0.25, 0.3) is 5.91 Å². The average Bonchev–Trinajstić information content (AvgIpc) is 2.71. The average molecular weight is 292 g/mol. The van der Waals surface area contributed by atoms with Gasteiger partial charge in [0, 0.05) is 30.5 Å². The van der Waals surface area contributed by atoms with E-state index in [1.54, 1.807) is 24.5 Å². The third kappa shape index (κ3) is 3.57. The third-order valence-corrected chi connectivity index (χ3v) is 3.18. The first kappa shape index (κ1) is 17.2. The minimum atomic E-state index is 0. The molecule has 1 saturated heterocycles. The van der Waals surface area contributed by atoms with Gasteiger partial charge in [-0.15, -0.1) is 24.8 Å². The second kappa shape index (κ2) is 7.56. The molecule has 2 rings (SSSR count). The molecule has 0 aromatic carbocycles. The van der Waals surface area contributed by atoms with Crippen molar-refractivity contribution in [2.75, 3.05) is 13.1 Å². The highest BCUT2D eigenvalue weighted by molar-refractivity contribution is 5.94. The van der Waals surface area contributed by atoms with Crippen LogP contribution in [0, 0.1) is 5.92 Å². The summed E-state index contributed by atoms with van der Waals surface area (Å²) in [7, 11) is 0. The summed E-state index contributed by atoms with van der Waals surface area (Å²) in [4.78, 5) is 18.0. The zero-order chi connectivity index (χ0) is 11.5. The lowest BCUT2D eigenvalue weighted by Crippen LogP contribution is -2.34. The number of pyridine rings is 1. The molecule has 1 aliphatic heterocycles. The summed E-state index contributed by atoms with van der Waals surface area (Å²) in [6.45, 7) is 3.51. The van der Waals surface area contributed by atoms with Crippen molar-refractivity contribution in [1.82, 2.24) is 9.88 Å². The lowest BCUT2D eigenvalue weighted by atomic mass is 10.1. The summed E-state index contributed by atoms with van der Waals surface area (Å²) >= 11 is 0. The van der Waals surface area contributed by atoms with Gasteiger partial charge in [-0.25, -0.2) is 0 Å². The van der Waals surface area contributed by atoms with Gasteiger partial charge < -0.3 is 10.6 Å². The number of halogens is 2. The first-order valence-corrected chi connectivity index (χ1v) is 5.63. The molecule has 4 nitrogen and oxygen atoms in total. The SMILES string of the molecule is CC1CC(CN)CN1C(=O)c1ccncc1.Cl.Cl. The molecule has 0 saturated carbocycles. The number of hydrogen-bond donors (Lipinski definition) is 1. The summed E-state index contributed by atoms with van der Waals surface area (Å²) in [5.41, 5.74) is 6.36. The Morgan fingerprint density at radius 3 is 2.56 bits per heavy atom. The first-order valence-electron chi connectivity index (χ1n) is 5.63. The molecular weight excluding hydrogens is 273 g/mol. The standard InChI is InChI=1S/C12H17N3O.2ClH/c1-9-6-10(7-13)8-15(9)12(16)11-2-4-14-5-3-11;;/h2-5,9-10H,6-8,13H2,1H3;2*1H. The highest BCUT2D eigenvalue weighted by Gasteiger charge is 2.31. The molecule has 0 aliphatic carbocycles. The topological polar surface area (TPSA) is 59.2 Å². The van der Waals surface area contributed by atoms with Crippen LogP contribution in [0.25, 0.3) is 0 Å². The molecule has 2 heterocycles. The Balaban J connectivity index is 0.00000144. The van der Waals surface area contributed by atoms with Crippen molar-refractivity contribution in [2.45, 2.75) is 19.4 Å². The number of carbonyl (C=O) groups is 1. The summed E-state index contributed by atoms with van der Waals surface area (Å²) < 4.78 is 0. The predicted octanol–water partition coefficient (Wildman–Crippen LogP) is 1.73. The van der Waals surface area contributed by atoms with Gasteiger partial charge in [-0.3, -0.25) is 9.78 Å². The second-order valence-corrected chi connectivity index (χ2v) is 4.38. The molecule has 18 heavy (non-hydrogen) atoms. The first-order chi connectivity index (χ1) is 7.72. The zero-order valence-electron chi connectivity index (χ0n) is 10.3. The number of carbonyl (C=O) groups excluding carboxylic acids is 1. The van der Waals surface area contributed by atoms with Crippen molar-refractivity contribution in [3.8, 4) is 0 Å². The maximum atomic E-state index is 12.2. The van der Waals surface area contributed by atoms with Gasteiger partial charge in [0.1, 0.15) is 0 Å². The maximum absolute atomic E-state index is 12.2. The van der Waals surface area contributed by atoms with Crippen molar-refractivity contribution >= 4 is 30.7 Å². The van der Waals surface area contributed by atoms with Crippen LogP contribution in [0.2, 0.25) is 0 Å². The monoisotopic (exact) mass is 291 g/mol. The number of amides is 1. The summed E-state index contributed by atoms with van der Waals surface area (Å²) in [6.07, 6.45) is 4.30. The molecule has 2 unspecified atom stereocenters. The number of aromatic nitrogens is 1. The normalized spacial score (nSPS) is 22.0. The molecule has 1 aliphatic rings. The van der Waals surface area contributed by atoms with Gasteiger partial charge in [0.15, 0.2) is 0 Å². The number of rotatable bonds is 2. The Bertz CT molecular complexity index is 375. The van der Waals surface area contributed by atoms with E-state index in [1.807, 2.05) is 4.90 Å². The molecule has 1 aromatic rings. The largest absolute Gasteiger partial charge is 0.336 e. The molecule has 6 heteroatoms. The third-order valence-electron chi connectivity index (χ3n) is 3.18. The van der Waals surface area contributed by atoms with Crippen LogP contribution in [0.3, 0.4) is 0 Å². The predicted molar refractivity (Wildman–Crippen MR) is 76.4 cm³/mol. The van der Waals surface area contributed by atoms with E-state index in [-0.39, 0.29) is 36.8 Å². The molecule has 2 N–H and O–H groups in total. The Morgan fingerprint density at radius 2 is 2.06 bits per heavy atom. The fourth-order valence-corrected chi connectivity index (χ4v) is 2.26. The number of hydrogen-bond acceptors (Lipinski definition) is 3. The van der Waals surface area contributed by atoms with Crippen molar-refractivity contribution < 1.29 is 4.79 Å². The van der Waals surface area contributed by atoms with E-state index in [9.17, 15) is 4.79 Å². The van der Waals surface area contributed by atoms with Crippen LogP contribution >= 0.6 is 24.8 Å². The van der Waals surface area contributed by atoms with Crippen LogP contribution in [0.4, 0.5) is 0 Å². The van der Waals surface area contributed by atoms with E-state index in [4.69, 9.17) is 5.73 Å². The van der Waals surface area contributed by atoms with Crippen molar-refractivity contribution in [3.63, 3.8) is 0 Å². The van der Waals surface area contributed by atoms with E-state index >= 15 is 0 Å². The van der Waals surface area contributed by atoms with Crippen LogP contribution in [0.1, 0.15) is 23.7 Å². The van der Waals surface area contributed by atoms with Crippen LogP contribution < -0.4 is 5.73 Å². The minimum absolute atomic E-state index is 0. The molecule has 1 amide bonds. The van der Waals surface area contributed by atoms with E-state index in [0.29, 0.717) is 18.0 Å². The molecule has 0 radical (unpaired) electrons. The van der Waals surface area contributed by atoms with Gasteiger partial charge in [0.2, 0.25) is 0 Å². The van der Waals surface area contributed by atoms with Crippen LogP contribution in [0.5, 0.6) is 0 Å². The highest BCUT2D eigenvalue weighted by atomic mass is 35.5. The lowest BCUT2D eigenvalue weighted by Gasteiger charge is -2.21. The Hall–Kier alpha value is -0.840. The van der Waals surface area contributed by atoms with Crippen LogP contribution in [-0.4, -0.2) is 34.9 Å². The highest BCUT2D eigenvalue weighted by Crippen LogP contribution is 2.23. The van der Waals surface area contributed by atoms with Gasteiger partial charge >= 0.3 is 0 Å². The van der Waals surface area contributed by atoms with Crippen molar-refractivity contribution in [2.24, 2.45) is 11.7 Å². The van der Waals surface area contributed by atoms with Gasteiger partial charge in [0.05, 0.1) is 0 Å². The fourth-order valence-electron chi connectivity index (χ4n) is 2.26. The second-order valence-electron chi connectivity index (χ2n) is 4.38. The molecule has 1 fully saturated rings. The Kier molecular flexibility index (Phi) is 7.21. The Labute approximate surface area is 120 Å². The Morgan fingerprint density at radius 1 is 1.44 bits per heavy atom. The molecule has 0 spiro atoms. The molecule has 102 valence electrons. The molecule has 1 aromatic heterocycles. The van der Waals surface area contributed by atoms with Crippen molar-refractivity contribution in [3.05, 3.63) is 30.1 Å². The molecule has 0 bridgehead atoms. The van der Waals surface area contributed by atoms with E-state index < -0.39 is 0 Å². The van der Waals surface area contributed by atoms with Gasteiger partial charge in [-0.1, -0.05) is 0 Å².